The highest BCUT2D eigenvalue weighted by Crippen LogP contribution is 2.51. The molecule has 5 rings (SSSR count). The second kappa shape index (κ2) is 11.6. The third-order valence-corrected chi connectivity index (χ3v) is 8.89. The van der Waals surface area contributed by atoms with Crippen LogP contribution in [0.1, 0.15) is 56.2 Å². The highest BCUT2D eigenvalue weighted by atomic mass is 16.5. The van der Waals surface area contributed by atoms with Crippen LogP contribution in [0.4, 0.5) is 5.69 Å². The minimum Gasteiger partial charge on any atom is -0.507 e. The molecule has 214 valence electrons. The number of rotatable bonds is 7. The van der Waals surface area contributed by atoms with E-state index in [1.807, 2.05) is 32.9 Å². The number of phenols is 1. The van der Waals surface area contributed by atoms with Crippen molar-refractivity contribution >= 4 is 43.3 Å². The minimum atomic E-state index is -1.71. The molecule has 2 aliphatic heterocycles. The summed E-state index contributed by atoms with van der Waals surface area (Å²) in [5.74, 6) is -1.73. The van der Waals surface area contributed by atoms with Gasteiger partial charge in [0.05, 0.1) is 23.6 Å². The molecule has 0 aromatic heterocycles. The lowest BCUT2D eigenvalue weighted by Crippen LogP contribution is -2.46. The van der Waals surface area contributed by atoms with Crippen molar-refractivity contribution < 1.29 is 34.4 Å². The molecule has 2 amide bonds. The van der Waals surface area contributed by atoms with Crippen LogP contribution in [0.15, 0.2) is 53.1 Å². The molecule has 1 aliphatic carbocycles. The molecule has 4 N–H and O–H groups in total. The van der Waals surface area contributed by atoms with E-state index in [1.165, 1.54) is 17.0 Å². The van der Waals surface area contributed by atoms with Crippen LogP contribution in [-0.4, -0.2) is 52.3 Å². The highest BCUT2D eigenvalue weighted by Gasteiger charge is 2.57. The number of aryl methyl sites for hydroxylation is 2. The van der Waals surface area contributed by atoms with Crippen LogP contribution in [0.3, 0.4) is 0 Å². The summed E-state index contributed by atoms with van der Waals surface area (Å²) in [5.41, 5.74) is 6.48. The maximum Gasteiger partial charge on any atom is 0.488 e. The zero-order valence-electron chi connectivity index (χ0n) is 24.0. The Bertz CT molecular complexity index is 1410. The molecule has 2 aromatic rings. The summed E-state index contributed by atoms with van der Waals surface area (Å²) in [6, 6.07) is 10.1. The molecule has 2 fully saturated rings. The molecule has 0 radical (unpaired) electrons. The van der Waals surface area contributed by atoms with E-state index >= 15 is 0 Å². The Morgan fingerprint density at radius 2 is 1.83 bits per heavy atom. The van der Waals surface area contributed by atoms with Gasteiger partial charge in [-0.1, -0.05) is 36.3 Å². The van der Waals surface area contributed by atoms with E-state index in [0.29, 0.717) is 30.7 Å². The van der Waals surface area contributed by atoms with Gasteiger partial charge in [-0.15, -0.1) is 0 Å². The van der Waals surface area contributed by atoms with Gasteiger partial charge in [0, 0.05) is 0 Å². The predicted molar refractivity (Wildman–Crippen MR) is 159 cm³/mol. The van der Waals surface area contributed by atoms with Crippen molar-refractivity contribution in [1.29, 1.82) is 0 Å². The standard InChI is InChI=1S/C31H37B2NO7/c1-5-21-14-24-28(31(37)34(30(24)36)23-8-6-7-22(15-23)33(39)40)25-16-32(38)41-26(27(21)25)10-9-17(2)11-20-12-18(3)29(35)19(4)13-20/h6-8,11-13,15,24-26,28,35,38-40H,5,9-10,14,16H2,1-4H3/b17-11+/t24-,25+,26-,28-/m1/s1. The number of carbonyl (C=O) groups is 2. The van der Waals surface area contributed by atoms with Gasteiger partial charge in [0.1, 0.15) is 5.75 Å². The summed E-state index contributed by atoms with van der Waals surface area (Å²) in [5, 5.41) is 40.1. The number of benzene rings is 2. The molecule has 2 heterocycles. The van der Waals surface area contributed by atoms with Gasteiger partial charge in [-0.2, -0.15) is 0 Å². The van der Waals surface area contributed by atoms with Crippen molar-refractivity contribution in [3.8, 4) is 5.75 Å². The molecule has 2 aromatic carbocycles. The lowest BCUT2D eigenvalue weighted by molar-refractivity contribution is -0.122. The third kappa shape index (κ3) is 5.54. The average Bonchev–Trinajstić information content (AvgIpc) is 3.18. The zero-order chi connectivity index (χ0) is 29.6. The van der Waals surface area contributed by atoms with E-state index in [4.69, 9.17) is 4.65 Å². The van der Waals surface area contributed by atoms with E-state index in [-0.39, 0.29) is 35.6 Å². The molecular formula is C31H37B2NO7. The van der Waals surface area contributed by atoms with Crippen LogP contribution in [-0.2, 0) is 14.2 Å². The Morgan fingerprint density at radius 3 is 2.49 bits per heavy atom. The van der Waals surface area contributed by atoms with E-state index in [2.05, 4.69) is 13.0 Å². The SMILES string of the molecule is CCC1=C2[C@@H](CC/C(C)=C/c3cc(C)c(O)c(C)c3)OB(O)C[C@@H]2[C@@H]2C(=O)N(c3cccc(B(O)O)c3)C(=O)[C@@H]2C1. The Labute approximate surface area is 241 Å². The van der Waals surface area contributed by atoms with E-state index in [1.54, 1.807) is 12.1 Å². The molecule has 0 saturated carbocycles. The summed E-state index contributed by atoms with van der Waals surface area (Å²) in [6.07, 6.45) is 4.51. The lowest BCUT2D eigenvalue weighted by Gasteiger charge is -2.43. The first-order valence-electron chi connectivity index (χ1n) is 14.4. The molecule has 8 nitrogen and oxygen atoms in total. The molecule has 0 spiro atoms. The van der Waals surface area contributed by atoms with Crippen LogP contribution in [0, 0.1) is 31.6 Å². The molecule has 2 saturated heterocycles. The summed E-state index contributed by atoms with van der Waals surface area (Å²) in [7, 11) is -2.75. The second-order valence-electron chi connectivity index (χ2n) is 11.7. The number of carbonyl (C=O) groups excluding carboxylic acids is 2. The quantitative estimate of drug-likeness (QED) is 0.234. The topological polar surface area (TPSA) is 128 Å². The number of anilines is 1. The third-order valence-electron chi connectivity index (χ3n) is 8.89. The largest absolute Gasteiger partial charge is 0.507 e. The fourth-order valence-electron chi connectivity index (χ4n) is 6.97. The first-order chi connectivity index (χ1) is 19.5. The average molecular weight is 557 g/mol. The normalized spacial score (nSPS) is 24.6. The van der Waals surface area contributed by atoms with Crippen LogP contribution in [0.5, 0.6) is 5.75 Å². The lowest BCUT2D eigenvalue weighted by atomic mass is 9.58. The number of imide groups is 1. The second-order valence-corrected chi connectivity index (χ2v) is 11.7. The van der Waals surface area contributed by atoms with Crippen LogP contribution in [0.2, 0.25) is 6.32 Å². The van der Waals surface area contributed by atoms with Gasteiger partial charge in [-0.3, -0.25) is 14.5 Å². The van der Waals surface area contributed by atoms with E-state index < -0.39 is 26.1 Å². The fraction of sp³-hybridized carbons (Fsp3) is 0.419. The van der Waals surface area contributed by atoms with Gasteiger partial charge < -0.3 is 24.8 Å². The smallest absolute Gasteiger partial charge is 0.488 e. The Hall–Kier alpha value is -3.17. The predicted octanol–water partition coefficient (Wildman–Crippen LogP) is 3.28. The van der Waals surface area contributed by atoms with Crippen molar-refractivity contribution in [3.63, 3.8) is 0 Å². The summed E-state index contributed by atoms with van der Waals surface area (Å²) in [6.45, 7) is 7.86. The van der Waals surface area contributed by atoms with Gasteiger partial charge in [-0.25, -0.2) is 0 Å². The van der Waals surface area contributed by atoms with Crippen molar-refractivity contribution in [1.82, 2.24) is 0 Å². The van der Waals surface area contributed by atoms with Crippen LogP contribution < -0.4 is 10.4 Å². The number of phenolic OH excluding ortho intramolecular Hbond substituents is 1. The maximum absolute atomic E-state index is 13.9. The maximum atomic E-state index is 13.9. The van der Waals surface area contributed by atoms with Crippen LogP contribution in [0.25, 0.3) is 6.08 Å². The van der Waals surface area contributed by atoms with Crippen molar-refractivity contribution in [2.75, 3.05) is 4.90 Å². The van der Waals surface area contributed by atoms with Crippen LogP contribution >= 0.6 is 0 Å². The molecule has 0 unspecified atom stereocenters. The van der Waals surface area contributed by atoms with Gasteiger partial charge in [0.25, 0.3) is 0 Å². The number of fused-ring (bicyclic) bond motifs is 3. The van der Waals surface area contributed by atoms with Gasteiger partial charge in [0.15, 0.2) is 0 Å². The molecule has 0 bridgehead atoms. The van der Waals surface area contributed by atoms with E-state index in [9.17, 15) is 29.8 Å². The van der Waals surface area contributed by atoms with E-state index in [0.717, 1.165) is 39.8 Å². The number of amides is 2. The number of hydrogen-bond donors (Lipinski definition) is 4. The summed E-state index contributed by atoms with van der Waals surface area (Å²) >= 11 is 0. The number of aromatic hydroxyl groups is 1. The first kappa shape index (κ1) is 29.3. The monoisotopic (exact) mass is 557 g/mol. The number of allylic oxidation sites excluding steroid dienone is 2. The molecule has 3 aliphatic rings. The molecular weight excluding hydrogens is 520 g/mol. The Balaban J connectivity index is 1.41. The Morgan fingerprint density at radius 1 is 1.12 bits per heavy atom. The minimum absolute atomic E-state index is 0.202. The molecule has 4 atom stereocenters. The number of hydrogen-bond acceptors (Lipinski definition) is 7. The van der Waals surface area contributed by atoms with Crippen molar-refractivity contribution in [2.24, 2.45) is 17.8 Å². The van der Waals surface area contributed by atoms with Gasteiger partial charge >= 0.3 is 14.2 Å². The number of nitrogens with zero attached hydrogens (tertiary/aromatic N) is 1. The summed E-state index contributed by atoms with van der Waals surface area (Å²) < 4.78 is 6.08. The highest BCUT2D eigenvalue weighted by molar-refractivity contribution is 6.58. The van der Waals surface area contributed by atoms with Crippen molar-refractivity contribution in [3.05, 3.63) is 69.8 Å². The molecule has 10 heteroatoms. The fourth-order valence-corrected chi connectivity index (χ4v) is 6.97. The zero-order valence-corrected chi connectivity index (χ0v) is 24.0. The first-order valence-corrected chi connectivity index (χ1v) is 14.4. The van der Waals surface area contributed by atoms with Crippen molar-refractivity contribution in [2.45, 2.75) is 65.8 Å². The van der Waals surface area contributed by atoms with Gasteiger partial charge in [0.2, 0.25) is 11.8 Å². The Kier molecular flexibility index (Phi) is 8.30. The summed E-state index contributed by atoms with van der Waals surface area (Å²) in [4.78, 5) is 28.7. The van der Waals surface area contributed by atoms with Gasteiger partial charge in [-0.05, 0) is 111 Å². The molecule has 41 heavy (non-hydrogen) atoms.